The van der Waals surface area contributed by atoms with Crippen LogP contribution in [0.2, 0.25) is 0 Å². The van der Waals surface area contributed by atoms with Crippen LogP contribution in [0.5, 0.6) is 0 Å². The SMILES string of the molecule is CCCCn1cc(C(=O)O)c(-c2cccc(F)c2F)n1. The number of hydrogen-bond acceptors (Lipinski definition) is 2. The Morgan fingerprint density at radius 3 is 2.80 bits per heavy atom. The van der Waals surface area contributed by atoms with Gasteiger partial charge in [0.25, 0.3) is 0 Å². The van der Waals surface area contributed by atoms with Crippen molar-refractivity contribution < 1.29 is 18.7 Å². The topological polar surface area (TPSA) is 55.1 Å². The molecule has 20 heavy (non-hydrogen) atoms. The molecule has 2 aromatic rings. The quantitative estimate of drug-likeness (QED) is 0.914. The Hall–Kier alpha value is -2.24. The molecule has 106 valence electrons. The molecule has 0 aliphatic heterocycles. The van der Waals surface area contributed by atoms with Crippen LogP contribution in [0, 0.1) is 11.6 Å². The monoisotopic (exact) mass is 280 g/mol. The lowest BCUT2D eigenvalue weighted by Gasteiger charge is -2.02. The van der Waals surface area contributed by atoms with Gasteiger partial charge >= 0.3 is 5.97 Å². The van der Waals surface area contributed by atoms with E-state index in [-0.39, 0.29) is 16.8 Å². The third kappa shape index (κ3) is 2.68. The highest BCUT2D eigenvalue weighted by atomic mass is 19.2. The molecule has 0 aliphatic carbocycles. The summed E-state index contributed by atoms with van der Waals surface area (Å²) in [6, 6.07) is 3.62. The molecule has 1 aromatic heterocycles. The van der Waals surface area contributed by atoms with Crippen molar-refractivity contribution in [3.05, 3.63) is 41.6 Å². The van der Waals surface area contributed by atoms with Gasteiger partial charge in [-0.2, -0.15) is 5.10 Å². The van der Waals surface area contributed by atoms with E-state index in [2.05, 4.69) is 5.10 Å². The molecule has 0 aliphatic rings. The lowest BCUT2D eigenvalue weighted by molar-refractivity contribution is 0.0697. The normalized spacial score (nSPS) is 10.8. The molecule has 0 bridgehead atoms. The molecule has 1 heterocycles. The zero-order valence-corrected chi connectivity index (χ0v) is 10.9. The van der Waals surface area contributed by atoms with Gasteiger partial charge in [0.2, 0.25) is 0 Å². The summed E-state index contributed by atoms with van der Waals surface area (Å²) in [4.78, 5) is 11.2. The van der Waals surface area contributed by atoms with Gasteiger partial charge in [0.05, 0.1) is 0 Å². The average Bonchev–Trinajstić information content (AvgIpc) is 2.83. The first-order valence-electron chi connectivity index (χ1n) is 6.29. The van der Waals surface area contributed by atoms with Crippen LogP contribution in [0.3, 0.4) is 0 Å². The zero-order valence-electron chi connectivity index (χ0n) is 10.9. The van der Waals surface area contributed by atoms with E-state index in [0.717, 1.165) is 18.9 Å². The van der Waals surface area contributed by atoms with E-state index in [1.54, 1.807) is 0 Å². The molecule has 1 aromatic carbocycles. The number of benzene rings is 1. The molecule has 6 heteroatoms. The molecule has 2 rings (SSSR count). The second kappa shape index (κ2) is 5.81. The Balaban J connectivity index is 2.51. The predicted octanol–water partition coefficient (Wildman–Crippen LogP) is 3.33. The van der Waals surface area contributed by atoms with Gasteiger partial charge in [-0.05, 0) is 18.6 Å². The van der Waals surface area contributed by atoms with Gasteiger partial charge in [0.1, 0.15) is 11.3 Å². The lowest BCUT2D eigenvalue weighted by atomic mass is 10.1. The highest BCUT2D eigenvalue weighted by molar-refractivity contribution is 5.94. The summed E-state index contributed by atoms with van der Waals surface area (Å²) < 4.78 is 28.5. The van der Waals surface area contributed by atoms with Gasteiger partial charge in [-0.25, -0.2) is 13.6 Å². The number of carboxylic acid groups (broad SMARTS) is 1. The predicted molar refractivity (Wildman–Crippen MR) is 69.4 cm³/mol. The Morgan fingerprint density at radius 2 is 2.15 bits per heavy atom. The zero-order chi connectivity index (χ0) is 14.7. The molecule has 0 spiro atoms. The number of carboxylic acids is 1. The molecule has 0 amide bonds. The van der Waals surface area contributed by atoms with E-state index in [1.165, 1.54) is 23.0 Å². The van der Waals surface area contributed by atoms with Crippen LogP contribution in [-0.4, -0.2) is 20.9 Å². The standard InChI is InChI=1S/C14H14F2N2O2/c1-2-3-7-18-8-10(14(19)20)13(17-18)9-5-4-6-11(15)12(9)16/h4-6,8H,2-3,7H2,1H3,(H,19,20). The smallest absolute Gasteiger partial charge is 0.339 e. The summed E-state index contributed by atoms with van der Waals surface area (Å²) in [7, 11) is 0. The van der Waals surface area contributed by atoms with Crippen molar-refractivity contribution in [3.8, 4) is 11.3 Å². The minimum absolute atomic E-state index is 0.0504. The average molecular weight is 280 g/mol. The molecular formula is C14H14F2N2O2. The largest absolute Gasteiger partial charge is 0.478 e. The molecule has 4 nitrogen and oxygen atoms in total. The second-order valence-corrected chi connectivity index (χ2v) is 4.41. The number of nitrogens with zero attached hydrogens (tertiary/aromatic N) is 2. The first kappa shape index (κ1) is 14.2. The summed E-state index contributed by atoms with van der Waals surface area (Å²) in [5.74, 6) is -3.33. The summed E-state index contributed by atoms with van der Waals surface area (Å²) in [5.41, 5.74) is -0.325. The molecule has 0 fully saturated rings. The van der Waals surface area contributed by atoms with Gasteiger partial charge in [0, 0.05) is 18.3 Å². The van der Waals surface area contributed by atoms with E-state index in [4.69, 9.17) is 5.11 Å². The fourth-order valence-electron chi connectivity index (χ4n) is 1.90. The molecule has 0 saturated carbocycles. The maximum absolute atomic E-state index is 13.8. The Bertz CT molecular complexity index is 638. The van der Waals surface area contributed by atoms with Crippen LogP contribution in [0.25, 0.3) is 11.3 Å². The maximum atomic E-state index is 13.8. The molecule has 0 atom stereocenters. The number of hydrogen-bond donors (Lipinski definition) is 1. The highest BCUT2D eigenvalue weighted by Crippen LogP contribution is 2.26. The first-order valence-corrected chi connectivity index (χ1v) is 6.29. The highest BCUT2D eigenvalue weighted by Gasteiger charge is 2.21. The number of carbonyl (C=O) groups is 1. The van der Waals surface area contributed by atoms with Gasteiger partial charge in [-0.15, -0.1) is 0 Å². The number of rotatable bonds is 5. The summed E-state index contributed by atoms with van der Waals surface area (Å²) in [6.45, 7) is 2.53. The number of halogens is 2. The first-order chi connectivity index (χ1) is 9.54. The fraction of sp³-hybridized carbons (Fsp3) is 0.286. The second-order valence-electron chi connectivity index (χ2n) is 4.41. The maximum Gasteiger partial charge on any atom is 0.339 e. The van der Waals surface area contributed by atoms with Gasteiger partial charge in [-0.1, -0.05) is 19.4 Å². The Morgan fingerprint density at radius 1 is 1.40 bits per heavy atom. The summed E-state index contributed by atoms with van der Waals surface area (Å²) in [6.07, 6.45) is 3.09. The number of unbranched alkanes of at least 4 members (excludes halogenated alkanes) is 1. The Labute approximate surface area is 114 Å². The number of aryl methyl sites for hydroxylation is 1. The van der Waals surface area contributed by atoms with Gasteiger partial charge < -0.3 is 5.11 Å². The van der Waals surface area contributed by atoms with E-state index in [0.29, 0.717) is 6.54 Å². The minimum atomic E-state index is -1.22. The molecule has 0 saturated heterocycles. The lowest BCUT2D eigenvalue weighted by Crippen LogP contribution is -1.99. The molecule has 0 unspecified atom stereocenters. The molecular weight excluding hydrogens is 266 g/mol. The minimum Gasteiger partial charge on any atom is -0.478 e. The van der Waals surface area contributed by atoms with Crippen molar-refractivity contribution in [1.29, 1.82) is 0 Å². The van der Waals surface area contributed by atoms with E-state index < -0.39 is 17.6 Å². The van der Waals surface area contributed by atoms with Crippen LogP contribution in [0.15, 0.2) is 24.4 Å². The van der Waals surface area contributed by atoms with Crippen LogP contribution in [0.1, 0.15) is 30.1 Å². The van der Waals surface area contributed by atoms with E-state index in [1.807, 2.05) is 6.92 Å². The summed E-state index contributed by atoms with van der Waals surface area (Å²) in [5, 5.41) is 13.2. The number of aromatic carboxylic acids is 1. The number of aromatic nitrogens is 2. The van der Waals surface area contributed by atoms with Crippen molar-refractivity contribution in [2.24, 2.45) is 0 Å². The fourth-order valence-corrected chi connectivity index (χ4v) is 1.90. The van der Waals surface area contributed by atoms with Gasteiger partial charge in [-0.3, -0.25) is 4.68 Å². The van der Waals surface area contributed by atoms with Crippen LogP contribution in [-0.2, 0) is 6.54 Å². The van der Waals surface area contributed by atoms with Gasteiger partial charge in [0.15, 0.2) is 11.6 Å². The molecule has 0 radical (unpaired) electrons. The third-order valence-corrected chi connectivity index (χ3v) is 2.94. The van der Waals surface area contributed by atoms with Crippen molar-refractivity contribution >= 4 is 5.97 Å². The third-order valence-electron chi connectivity index (χ3n) is 2.94. The summed E-state index contributed by atoms with van der Waals surface area (Å²) >= 11 is 0. The van der Waals surface area contributed by atoms with Crippen LogP contribution < -0.4 is 0 Å². The van der Waals surface area contributed by atoms with Crippen LogP contribution in [0.4, 0.5) is 8.78 Å². The van der Waals surface area contributed by atoms with Crippen molar-refractivity contribution in [1.82, 2.24) is 9.78 Å². The van der Waals surface area contributed by atoms with Crippen molar-refractivity contribution in [2.45, 2.75) is 26.3 Å². The Kier molecular flexibility index (Phi) is 4.12. The van der Waals surface area contributed by atoms with E-state index >= 15 is 0 Å². The molecule has 1 N–H and O–H groups in total. The van der Waals surface area contributed by atoms with E-state index in [9.17, 15) is 13.6 Å². The van der Waals surface area contributed by atoms with Crippen molar-refractivity contribution in [2.75, 3.05) is 0 Å². The van der Waals surface area contributed by atoms with Crippen molar-refractivity contribution in [3.63, 3.8) is 0 Å². The van der Waals surface area contributed by atoms with Crippen LogP contribution >= 0.6 is 0 Å².